The summed E-state index contributed by atoms with van der Waals surface area (Å²) >= 11 is 0. The van der Waals surface area contributed by atoms with Gasteiger partial charge in [-0.25, -0.2) is 0 Å². The molecule has 0 bridgehead atoms. The van der Waals surface area contributed by atoms with Crippen LogP contribution >= 0.6 is 0 Å². The fourth-order valence-electron chi connectivity index (χ4n) is 2.24. The van der Waals surface area contributed by atoms with Gasteiger partial charge in [0, 0.05) is 22.3 Å². The van der Waals surface area contributed by atoms with Crippen molar-refractivity contribution in [1.29, 1.82) is 0 Å². The number of ketones is 2. The van der Waals surface area contributed by atoms with Crippen molar-refractivity contribution >= 4 is 17.9 Å². The summed E-state index contributed by atoms with van der Waals surface area (Å²) in [5.74, 6) is -0.930. The number of fused-ring (bicyclic) bond motifs is 2. The van der Waals surface area contributed by atoms with Gasteiger partial charge >= 0.3 is 0 Å². The summed E-state index contributed by atoms with van der Waals surface area (Å²) in [4.78, 5) is 35.3. The summed E-state index contributed by atoms with van der Waals surface area (Å²) in [6.45, 7) is 0. The van der Waals surface area contributed by atoms with E-state index in [1.165, 1.54) is 12.1 Å². The van der Waals surface area contributed by atoms with Gasteiger partial charge in [0.15, 0.2) is 17.9 Å². The number of aromatic hydroxyl groups is 1. The molecule has 0 saturated carbocycles. The van der Waals surface area contributed by atoms with Crippen LogP contribution in [0.1, 0.15) is 42.2 Å². The summed E-state index contributed by atoms with van der Waals surface area (Å²) < 4.78 is 0. The number of phenols is 1. The highest BCUT2D eigenvalue weighted by atomic mass is 16.3. The van der Waals surface area contributed by atoms with Crippen molar-refractivity contribution < 1.29 is 19.5 Å². The highest BCUT2D eigenvalue weighted by Crippen LogP contribution is 2.31. The molecule has 0 amide bonds. The van der Waals surface area contributed by atoms with Crippen molar-refractivity contribution in [3.8, 4) is 5.75 Å². The van der Waals surface area contributed by atoms with Crippen molar-refractivity contribution in [2.24, 2.45) is 0 Å². The van der Waals surface area contributed by atoms with E-state index >= 15 is 0 Å². The van der Waals surface area contributed by atoms with E-state index < -0.39 is 0 Å². The van der Waals surface area contributed by atoms with E-state index in [2.05, 4.69) is 0 Å². The van der Waals surface area contributed by atoms with Crippen LogP contribution < -0.4 is 0 Å². The van der Waals surface area contributed by atoms with Crippen molar-refractivity contribution in [3.63, 3.8) is 0 Å². The Balaban J connectivity index is 2.33. The highest BCUT2D eigenvalue weighted by Gasteiger charge is 2.30. The molecule has 4 nitrogen and oxygen atoms in total. The number of phenolic OH excluding ortho intramolecular Hbond substituents is 1. The van der Waals surface area contributed by atoms with E-state index in [1.54, 1.807) is 24.3 Å². The van der Waals surface area contributed by atoms with E-state index in [0.717, 1.165) is 0 Å². The molecule has 0 aliphatic heterocycles. The van der Waals surface area contributed by atoms with Crippen LogP contribution in [-0.4, -0.2) is 23.0 Å². The monoisotopic (exact) mass is 252 g/mol. The molecular weight excluding hydrogens is 244 g/mol. The van der Waals surface area contributed by atoms with Gasteiger partial charge < -0.3 is 5.11 Å². The third-order valence-corrected chi connectivity index (χ3v) is 3.20. The Hall–Kier alpha value is -2.75. The Bertz CT molecular complexity index is 744. The van der Waals surface area contributed by atoms with Crippen molar-refractivity contribution in [1.82, 2.24) is 0 Å². The third-order valence-electron chi connectivity index (χ3n) is 3.20. The molecule has 0 aromatic heterocycles. The molecule has 0 spiro atoms. The zero-order valence-corrected chi connectivity index (χ0v) is 9.71. The maximum atomic E-state index is 12.3. The zero-order chi connectivity index (χ0) is 13.6. The molecule has 92 valence electrons. The minimum atomic E-state index is -0.321. The third kappa shape index (κ3) is 1.50. The van der Waals surface area contributed by atoms with Gasteiger partial charge in [0.2, 0.25) is 0 Å². The second-order valence-electron chi connectivity index (χ2n) is 4.28. The molecule has 1 aliphatic rings. The Kier molecular flexibility index (Phi) is 2.32. The average Bonchev–Trinajstić information content (AvgIpc) is 2.44. The second kappa shape index (κ2) is 3.88. The summed E-state index contributed by atoms with van der Waals surface area (Å²) in [6, 6.07) is 8.93. The quantitative estimate of drug-likeness (QED) is 0.672. The topological polar surface area (TPSA) is 71.4 Å². The van der Waals surface area contributed by atoms with Gasteiger partial charge in [-0.15, -0.1) is 0 Å². The molecule has 0 saturated heterocycles. The first-order valence-corrected chi connectivity index (χ1v) is 5.64. The van der Waals surface area contributed by atoms with Crippen LogP contribution in [0.4, 0.5) is 0 Å². The first-order chi connectivity index (χ1) is 9.13. The molecule has 19 heavy (non-hydrogen) atoms. The van der Waals surface area contributed by atoms with Crippen LogP contribution in [0.5, 0.6) is 5.75 Å². The molecule has 1 aliphatic carbocycles. The number of rotatable bonds is 1. The maximum Gasteiger partial charge on any atom is 0.194 e. The minimum Gasteiger partial charge on any atom is -0.507 e. The molecule has 0 atom stereocenters. The molecule has 0 heterocycles. The molecule has 0 radical (unpaired) electrons. The number of hydrogen-bond donors (Lipinski definition) is 1. The Morgan fingerprint density at radius 3 is 1.89 bits per heavy atom. The molecular formula is C15H8O4. The molecule has 2 aromatic rings. The van der Waals surface area contributed by atoms with Crippen LogP contribution in [0.15, 0.2) is 36.4 Å². The number of aldehydes is 1. The first kappa shape index (κ1) is 11.3. The predicted octanol–water partition coefficient (Wildman–Crippen LogP) is 1.98. The van der Waals surface area contributed by atoms with E-state index in [0.29, 0.717) is 17.4 Å². The van der Waals surface area contributed by atoms with Gasteiger partial charge in [0.05, 0.1) is 5.56 Å². The molecule has 3 rings (SSSR count). The van der Waals surface area contributed by atoms with Crippen molar-refractivity contribution in [3.05, 3.63) is 64.2 Å². The van der Waals surface area contributed by atoms with Crippen LogP contribution in [-0.2, 0) is 0 Å². The van der Waals surface area contributed by atoms with E-state index in [1.807, 2.05) is 0 Å². The molecule has 2 aromatic carbocycles. The van der Waals surface area contributed by atoms with Gasteiger partial charge in [0.25, 0.3) is 0 Å². The normalized spacial score (nSPS) is 12.8. The Morgan fingerprint density at radius 1 is 0.842 bits per heavy atom. The fraction of sp³-hybridized carbons (Fsp3) is 0. The number of carbonyl (C=O) groups is 3. The van der Waals surface area contributed by atoms with Crippen molar-refractivity contribution in [2.45, 2.75) is 0 Å². The molecule has 0 unspecified atom stereocenters. The van der Waals surface area contributed by atoms with Crippen LogP contribution in [0, 0.1) is 0 Å². The number of hydrogen-bond acceptors (Lipinski definition) is 4. The zero-order valence-electron chi connectivity index (χ0n) is 9.71. The van der Waals surface area contributed by atoms with Gasteiger partial charge in [-0.05, 0) is 12.1 Å². The van der Waals surface area contributed by atoms with Crippen molar-refractivity contribution in [2.75, 3.05) is 0 Å². The summed E-state index contributed by atoms with van der Waals surface area (Å²) in [7, 11) is 0. The standard InChI is InChI=1S/C15H8O4/c16-7-8-5-11-12(6-13(8)17)15(19)10-4-2-1-3-9(10)14(11)18/h1-7,17H. The number of carbonyl (C=O) groups excluding carboxylic acids is 3. The van der Waals surface area contributed by atoms with Gasteiger partial charge in [0.1, 0.15) is 5.75 Å². The summed E-state index contributed by atoms with van der Waals surface area (Å²) in [6.07, 6.45) is 0.452. The van der Waals surface area contributed by atoms with Crippen LogP contribution in [0.2, 0.25) is 0 Å². The molecule has 4 heteroatoms. The smallest absolute Gasteiger partial charge is 0.194 e. The lowest BCUT2D eigenvalue weighted by Gasteiger charge is -2.17. The number of benzene rings is 2. The molecule has 1 N–H and O–H groups in total. The van der Waals surface area contributed by atoms with E-state index in [9.17, 15) is 19.5 Å². The van der Waals surface area contributed by atoms with Gasteiger partial charge in [-0.2, -0.15) is 0 Å². The predicted molar refractivity (Wildman–Crippen MR) is 66.8 cm³/mol. The van der Waals surface area contributed by atoms with Crippen LogP contribution in [0.25, 0.3) is 0 Å². The van der Waals surface area contributed by atoms with E-state index in [4.69, 9.17) is 0 Å². The van der Waals surface area contributed by atoms with E-state index in [-0.39, 0.29) is 34.0 Å². The Labute approximate surface area is 108 Å². The Morgan fingerprint density at radius 2 is 1.37 bits per heavy atom. The van der Waals surface area contributed by atoms with Gasteiger partial charge in [-0.3, -0.25) is 14.4 Å². The lowest BCUT2D eigenvalue weighted by molar-refractivity contribution is 0.0978. The lowest BCUT2D eigenvalue weighted by Crippen LogP contribution is -2.21. The highest BCUT2D eigenvalue weighted by molar-refractivity contribution is 6.28. The van der Waals surface area contributed by atoms with Gasteiger partial charge in [-0.1, -0.05) is 24.3 Å². The fourth-order valence-corrected chi connectivity index (χ4v) is 2.24. The average molecular weight is 252 g/mol. The largest absolute Gasteiger partial charge is 0.507 e. The van der Waals surface area contributed by atoms with Crippen LogP contribution in [0.3, 0.4) is 0 Å². The second-order valence-corrected chi connectivity index (χ2v) is 4.28. The summed E-state index contributed by atoms with van der Waals surface area (Å²) in [5.41, 5.74) is 0.926. The first-order valence-electron chi connectivity index (χ1n) is 5.64. The lowest BCUT2D eigenvalue weighted by atomic mass is 9.83. The molecule has 0 fully saturated rings. The summed E-state index contributed by atoms with van der Waals surface area (Å²) in [5, 5.41) is 9.62. The SMILES string of the molecule is O=Cc1cc2c(cc1O)C(=O)c1ccccc1C2=O. The minimum absolute atomic E-state index is 0.000666. The maximum absolute atomic E-state index is 12.3.